The van der Waals surface area contributed by atoms with Crippen LogP contribution in [0, 0.1) is 5.41 Å². The number of hydrogen-bond acceptors (Lipinski definition) is 3. The van der Waals surface area contributed by atoms with Crippen LogP contribution in [0.5, 0.6) is 0 Å². The second-order valence-electron chi connectivity index (χ2n) is 2.79. The van der Waals surface area contributed by atoms with E-state index in [1.165, 1.54) is 0 Å². The number of aromatic nitrogens is 2. The second kappa shape index (κ2) is 3.30. The van der Waals surface area contributed by atoms with Crippen LogP contribution in [0.1, 0.15) is 26.5 Å². The number of rotatable bonds is 2. The first-order valence-corrected chi connectivity index (χ1v) is 3.72. The minimum Gasteiger partial charge on any atom is -0.342 e. The van der Waals surface area contributed by atoms with Crippen molar-refractivity contribution in [2.24, 2.45) is 4.99 Å². The van der Waals surface area contributed by atoms with Crippen LogP contribution in [0.3, 0.4) is 0 Å². The van der Waals surface area contributed by atoms with Gasteiger partial charge in [-0.25, -0.2) is 9.98 Å². The molecule has 0 amide bonds. The van der Waals surface area contributed by atoms with E-state index >= 15 is 0 Å². The van der Waals surface area contributed by atoms with Gasteiger partial charge in [0.1, 0.15) is 5.69 Å². The van der Waals surface area contributed by atoms with Crippen molar-refractivity contribution in [3.63, 3.8) is 0 Å². The molecule has 1 heterocycles. The summed E-state index contributed by atoms with van der Waals surface area (Å²) in [6.07, 6.45) is 1.55. The van der Waals surface area contributed by atoms with Crippen molar-refractivity contribution in [2.75, 3.05) is 0 Å². The molecular weight excluding hydrogens is 152 g/mol. The Morgan fingerprint density at radius 3 is 2.67 bits per heavy atom. The molecule has 0 saturated carbocycles. The first-order chi connectivity index (χ1) is 5.61. The van der Waals surface area contributed by atoms with E-state index in [1.54, 1.807) is 13.3 Å². The van der Waals surface area contributed by atoms with Crippen molar-refractivity contribution in [2.45, 2.75) is 20.8 Å². The Labute approximate surface area is 71.3 Å². The third-order valence-corrected chi connectivity index (χ3v) is 1.32. The highest BCUT2D eigenvalue weighted by Gasteiger charge is 2.04. The zero-order valence-corrected chi connectivity index (χ0v) is 7.47. The number of nitrogens with zero attached hydrogens (tertiary/aromatic N) is 2. The van der Waals surface area contributed by atoms with Gasteiger partial charge in [0.05, 0.1) is 12.0 Å². The van der Waals surface area contributed by atoms with Gasteiger partial charge >= 0.3 is 0 Å². The normalized spacial score (nSPS) is 9.58. The molecule has 0 bridgehead atoms. The lowest BCUT2D eigenvalue weighted by Crippen LogP contribution is -1.92. The summed E-state index contributed by atoms with van der Waals surface area (Å²) >= 11 is 0. The van der Waals surface area contributed by atoms with Crippen LogP contribution in [0.4, 0.5) is 5.82 Å². The SMILES string of the molecule is CC(=N)c1[nH]cnc1N=C(C)C. The van der Waals surface area contributed by atoms with Gasteiger partial charge in [-0.3, -0.25) is 0 Å². The third-order valence-electron chi connectivity index (χ3n) is 1.32. The van der Waals surface area contributed by atoms with Gasteiger partial charge in [-0.1, -0.05) is 0 Å². The van der Waals surface area contributed by atoms with E-state index in [9.17, 15) is 0 Å². The Morgan fingerprint density at radius 1 is 1.50 bits per heavy atom. The molecule has 0 aromatic carbocycles. The van der Waals surface area contributed by atoms with E-state index in [4.69, 9.17) is 5.41 Å². The molecule has 0 fully saturated rings. The van der Waals surface area contributed by atoms with E-state index in [0.717, 1.165) is 5.71 Å². The van der Waals surface area contributed by atoms with E-state index in [-0.39, 0.29) is 0 Å². The topological polar surface area (TPSA) is 64.9 Å². The van der Waals surface area contributed by atoms with Gasteiger partial charge in [-0.15, -0.1) is 0 Å². The first-order valence-electron chi connectivity index (χ1n) is 3.72. The maximum Gasteiger partial charge on any atom is 0.179 e. The monoisotopic (exact) mass is 164 g/mol. The summed E-state index contributed by atoms with van der Waals surface area (Å²) in [5.74, 6) is 0.600. The van der Waals surface area contributed by atoms with Gasteiger partial charge < -0.3 is 10.4 Å². The van der Waals surface area contributed by atoms with Crippen LogP contribution >= 0.6 is 0 Å². The zero-order valence-electron chi connectivity index (χ0n) is 7.47. The summed E-state index contributed by atoms with van der Waals surface area (Å²) in [7, 11) is 0. The Kier molecular flexibility index (Phi) is 2.38. The van der Waals surface area contributed by atoms with Crippen LogP contribution < -0.4 is 0 Å². The van der Waals surface area contributed by atoms with Gasteiger partial charge in [-0.2, -0.15) is 0 Å². The summed E-state index contributed by atoms with van der Waals surface area (Å²) in [5, 5.41) is 7.40. The van der Waals surface area contributed by atoms with Crippen LogP contribution in [-0.2, 0) is 0 Å². The van der Waals surface area contributed by atoms with Gasteiger partial charge in [0.2, 0.25) is 0 Å². The molecule has 0 aliphatic rings. The highest BCUT2D eigenvalue weighted by Crippen LogP contribution is 2.13. The van der Waals surface area contributed by atoms with Gasteiger partial charge in [0.15, 0.2) is 5.82 Å². The summed E-state index contributed by atoms with van der Waals surface area (Å²) in [6.45, 7) is 5.51. The van der Waals surface area contributed by atoms with Gasteiger partial charge in [-0.05, 0) is 20.8 Å². The highest BCUT2D eigenvalue weighted by molar-refractivity contribution is 5.99. The molecule has 0 aliphatic heterocycles. The summed E-state index contributed by atoms with van der Waals surface area (Å²) in [6, 6.07) is 0. The lowest BCUT2D eigenvalue weighted by Gasteiger charge is -1.94. The second-order valence-corrected chi connectivity index (χ2v) is 2.79. The van der Waals surface area contributed by atoms with Crippen molar-refractivity contribution in [3.8, 4) is 0 Å². The maximum atomic E-state index is 7.40. The Balaban J connectivity index is 3.08. The van der Waals surface area contributed by atoms with Crippen molar-refractivity contribution in [3.05, 3.63) is 12.0 Å². The first kappa shape index (κ1) is 8.64. The molecular formula is C8H12N4. The number of nitrogens with one attached hydrogen (secondary N) is 2. The minimum atomic E-state index is 0.451. The van der Waals surface area contributed by atoms with Crippen LogP contribution in [-0.4, -0.2) is 21.4 Å². The Hall–Kier alpha value is -1.45. The average molecular weight is 164 g/mol. The Morgan fingerprint density at radius 2 is 2.17 bits per heavy atom. The lowest BCUT2D eigenvalue weighted by atomic mass is 10.3. The highest BCUT2D eigenvalue weighted by atomic mass is 15.0. The van der Waals surface area contributed by atoms with Gasteiger partial charge in [0.25, 0.3) is 0 Å². The quantitative estimate of drug-likeness (QED) is 0.644. The standard InChI is InChI=1S/C8H12N4/c1-5(2)12-8-7(6(3)9)10-4-11-8/h4,9H,1-3H3,(H,10,11). The predicted molar refractivity (Wildman–Crippen MR) is 49.5 cm³/mol. The zero-order chi connectivity index (χ0) is 9.14. The fraction of sp³-hybridized carbons (Fsp3) is 0.375. The fourth-order valence-electron chi connectivity index (χ4n) is 0.860. The van der Waals surface area contributed by atoms with E-state index in [1.807, 2.05) is 13.8 Å². The molecule has 0 unspecified atom stereocenters. The fourth-order valence-corrected chi connectivity index (χ4v) is 0.860. The van der Waals surface area contributed by atoms with Crippen molar-refractivity contribution < 1.29 is 0 Å². The third kappa shape index (κ3) is 1.78. The molecule has 0 saturated heterocycles. The summed E-state index contributed by atoms with van der Waals surface area (Å²) < 4.78 is 0. The molecule has 0 spiro atoms. The van der Waals surface area contributed by atoms with Crippen molar-refractivity contribution >= 4 is 17.2 Å². The van der Waals surface area contributed by atoms with Crippen LogP contribution in [0.2, 0.25) is 0 Å². The number of aromatic amines is 1. The van der Waals surface area contributed by atoms with Crippen molar-refractivity contribution in [1.82, 2.24) is 9.97 Å². The largest absolute Gasteiger partial charge is 0.342 e. The summed E-state index contributed by atoms with van der Waals surface area (Å²) in [4.78, 5) is 11.0. The average Bonchev–Trinajstić information content (AvgIpc) is 2.33. The smallest absolute Gasteiger partial charge is 0.179 e. The van der Waals surface area contributed by atoms with Crippen LogP contribution in [0.15, 0.2) is 11.3 Å². The minimum absolute atomic E-state index is 0.451. The van der Waals surface area contributed by atoms with E-state index in [2.05, 4.69) is 15.0 Å². The molecule has 12 heavy (non-hydrogen) atoms. The molecule has 1 aromatic rings. The Bertz CT molecular complexity index is 318. The van der Waals surface area contributed by atoms with Gasteiger partial charge in [0, 0.05) is 5.71 Å². The molecule has 1 rings (SSSR count). The molecule has 2 N–H and O–H groups in total. The lowest BCUT2D eigenvalue weighted by molar-refractivity contribution is 1.29. The van der Waals surface area contributed by atoms with Crippen LogP contribution in [0.25, 0.3) is 0 Å². The molecule has 0 atom stereocenters. The van der Waals surface area contributed by atoms with Crippen molar-refractivity contribution in [1.29, 1.82) is 5.41 Å². The number of H-pyrrole nitrogens is 1. The van der Waals surface area contributed by atoms with E-state index in [0.29, 0.717) is 17.2 Å². The molecule has 4 heteroatoms. The molecule has 1 aromatic heterocycles. The molecule has 64 valence electrons. The molecule has 4 nitrogen and oxygen atoms in total. The number of hydrogen-bond donors (Lipinski definition) is 2. The molecule has 0 radical (unpaired) electrons. The summed E-state index contributed by atoms with van der Waals surface area (Å²) in [5.41, 5.74) is 2.08. The van der Waals surface area contributed by atoms with E-state index < -0.39 is 0 Å². The predicted octanol–water partition coefficient (Wildman–Crippen LogP) is 1.91. The number of aliphatic imine (C=N–C) groups is 1. The molecule has 0 aliphatic carbocycles. The maximum absolute atomic E-state index is 7.40. The number of imidazole rings is 1.